The van der Waals surface area contributed by atoms with Gasteiger partial charge in [0.1, 0.15) is 24.4 Å². The van der Waals surface area contributed by atoms with Gasteiger partial charge in [-0.1, -0.05) is 196 Å². The first-order chi connectivity index (χ1) is 41.2. The first-order valence-corrected chi connectivity index (χ1v) is 29.9. The van der Waals surface area contributed by atoms with Crippen LogP contribution in [0.2, 0.25) is 0 Å². The summed E-state index contributed by atoms with van der Waals surface area (Å²) in [6, 6.07) is 56.7. The van der Waals surface area contributed by atoms with Crippen molar-refractivity contribution in [2.75, 3.05) is 26.2 Å². The number of likely N-dealkylation sites (tertiary alicyclic amines) is 2. The quantitative estimate of drug-likeness (QED) is 0.0370. The van der Waals surface area contributed by atoms with Crippen molar-refractivity contribution in [3.8, 4) is 0 Å². The lowest BCUT2D eigenvalue weighted by Gasteiger charge is -2.48. The van der Waals surface area contributed by atoms with Crippen molar-refractivity contribution in [1.82, 2.24) is 31.1 Å². The van der Waals surface area contributed by atoms with Crippen LogP contribution in [0.5, 0.6) is 0 Å². The monoisotopic (exact) mass is 1140 g/mol. The maximum absolute atomic E-state index is 14.8. The van der Waals surface area contributed by atoms with Crippen LogP contribution in [0.25, 0.3) is 0 Å². The lowest BCUT2D eigenvalue weighted by atomic mass is 9.91. The van der Waals surface area contributed by atoms with E-state index >= 15 is 0 Å². The summed E-state index contributed by atoms with van der Waals surface area (Å²) >= 11 is 0. The van der Waals surface area contributed by atoms with Gasteiger partial charge in [-0.25, -0.2) is 9.59 Å². The standard InChI is InChI=1S/C68H82N6O10/c1-3-39-73-57(59(79-43-49-23-11-5-12-24-49)61(81-45-51-27-15-7-16-28-51)63(65(73)75)83-47-53-31-19-9-20-32-53)41-69-67(77)71-55-35-37-56(38-36-55)72-68(78)70-42-58-60(80-44-50-25-13-6-14-26-50)62(82-46-52-29-17-8-18-30-52)64(66(76)74(58)40-4-2)84-48-54-33-21-10-22-34-54/h5-34,55-64H,3-4,35-48H2,1-2H3,(H2,69,71,77)(H2,70,72,78)/t55?,56?,57-,58-,59-,60-,61+,62+,63-,64-/m1/s1. The molecule has 1 saturated carbocycles. The second-order valence-electron chi connectivity index (χ2n) is 21.9. The van der Waals surface area contributed by atoms with Crippen LogP contribution in [0.4, 0.5) is 9.59 Å². The second kappa shape index (κ2) is 32.0. The van der Waals surface area contributed by atoms with Crippen molar-refractivity contribution < 1.29 is 47.6 Å². The Balaban J connectivity index is 0.837. The van der Waals surface area contributed by atoms with Gasteiger partial charge in [0.15, 0.2) is 12.2 Å². The minimum atomic E-state index is -0.976. The SMILES string of the molecule is CCCN1C(=O)[C@H](OCc2ccccc2)[C@@H](OCc2ccccc2)[C@H](OCc2ccccc2)[C@H]1CNC(=O)NC1CCC(NC(=O)NC[C@@H]2[C@@H](OCc3ccccc3)[C@H](OCc3ccccc3)[C@@H](OCc3ccccc3)C(=O)N2CCC)CC1. The second-order valence-corrected chi connectivity index (χ2v) is 21.9. The molecule has 4 N–H and O–H groups in total. The van der Waals surface area contributed by atoms with Crippen molar-refractivity contribution in [3.63, 3.8) is 0 Å². The van der Waals surface area contributed by atoms with E-state index in [0.717, 1.165) is 33.4 Å². The number of amides is 6. The third-order valence-corrected chi connectivity index (χ3v) is 15.8. The number of nitrogens with one attached hydrogen (secondary N) is 4. The molecule has 1 aliphatic carbocycles. The number of urea groups is 2. The van der Waals surface area contributed by atoms with Crippen molar-refractivity contribution >= 4 is 23.9 Å². The number of carbonyl (C=O) groups excluding carboxylic acids is 4. The lowest BCUT2D eigenvalue weighted by molar-refractivity contribution is -0.208. The van der Waals surface area contributed by atoms with Crippen molar-refractivity contribution in [2.24, 2.45) is 0 Å². The molecular formula is C68H82N6O10. The molecule has 0 bridgehead atoms. The predicted molar refractivity (Wildman–Crippen MR) is 321 cm³/mol. The third kappa shape index (κ3) is 17.3. The van der Waals surface area contributed by atoms with Crippen molar-refractivity contribution in [3.05, 3.63) is 215 Å². The minimum absolute atomic E-state index is 0.104. The first-order valence-electron chi connectivity index (χ1n) is 29.9. The van der Waals surface area contributed by atoms with Crippen LogP contribution in [-0.4, -0.2) is 121 Å². The molecule has 6 amide bonds. The van der Waals surface area contributed by atoms with Gasteiger partial charge >= 0.3 is 12.1 Å². The number of carbonyl (C=O) groups is 4. The number of ether oxygens (including phenoxy) is 6. The fraction of sp³-hybridized carbons (Fsp3) is 0.412. The highest BCUT2D eigenvalue weighted by Gasteiger charge is 2.52. The van der Waals surface area contributed by atoms with Gasteiger partial charge in [0.25, 0.3) is 11.8 Å². The lowest BCUT2D eigenvalue weighted by Crippen LogP contribution is -2.68. The van der Waals surface area contributed by atoms with E-state index in [1.165, 1.54) is 0 Å². The molecule has 444 valence electrons. The molecule has 6 aromatic rings. The molecule has 2 heterocycles. The smallest absolute Gasteiger partial charge is 0.315 e. The summed E-state index contributed by atoms with van der Waals surface area (Å²) < 4.78 is 40.2. The van der Waals surface area contributed by atoms with Crippen molar-refractivity contribution in [2.45, 2.75) is 153 Å². The van der Waals surface area contributed by atoms with Gasteiger partial charge < -0.3 is 59.5 Å². The zero-order valence-corrected chi connectivity index (χ0v) is 48.4. The fourth-order valence-electron chi connectivity index (χ4n) is 11.5. The van der Waals surface area contributed by atoms with Crippen LogP contribution in [0.15, 0.2) is 182 Å². The van der Waals surface area contributed by atoms with E-state index in [1.807, 2.05) is 196 Å². The fourth-order valence-corrected chi connectivity index (χ4v) is 11.5. The van der Waals surface area contributed by atoms with Crippen LogP contribution in [0, 0.1) is 0 Å². The highest BCUT2D eigenvalue weighted by Crippen LogP contribution is 2.32. The van der Waals surface area contributed by atoms with E-state index in [9.17, 15) is 19.2 Å². The summed E-state index contributed by atoms with van der Waals surface area (Å²) in [4.78, 5) is 61.0. The molecule has 3 aliphatic rings. The Morgan fingerprint density at radius 1 is 0.381 bits per heavy atom. The van der Waals surface area contributed by atoms with Gasteiger partial charge in [0, 0.05) is 38.3 Å². The van der Waals surface area contributed by atoms with E-state index in [-0.39, 0.29) is 88.7 Å². The number of piperidine rings is 2. The van der Waals surface area contributed by atoms with Crippen LogP contribution < -0.4 is 21.3 Å². The zero-order chi connectivity index (χ0) is 58.3. The van der Waals surface area contributed by atoms with Gasteiger partial charge in [-0.15, -0.1) is 0 Å². The molecule has 8 atom stereocenters. The average Bonchev–Trinajstić information content (AvgIpc) is 2.97. The highest BCUT2D eigenvalue weighted by atomic mass is 16.6. The first kappa shape index (κ1) is 61.1. The molecule has 16 heteroatoms. The minimum Gasteiger partial charge on any atom is -0.368 e. The number of rotatable bonds is 28. The highest BCUT2D eigenvalue weighted by molar-refractivity contribution is 5.84. The molecule has 0 radical (unpaired) electrons. The summed E-state index contributed by atoms with van der Waals surface area (Å²) in [6.07, 6.45) is -1.08. The van der Waals surface area contributed by atoms with Gasteiger partial charge in [0.2, 0.25) is 0 Å². The van der Waals surface area contributed by atoms with Crippen LogP contribution in [0.3, 0.4) is 0 Å². The third-order valence-electron chi connectivity index (χ3n) is 15.8. The molecule has 3 fully saturated rings. The molecule has 0 spiro atoms. The molecule has 84 heavy (non-hydrogen) atoms. The van der Waals surface area contributed by atoms with Crippen LogP contribution in [-0.2, 0) is 77.7 Å². The Labute approximate surface area is 494 Å². The molecule has 16 nitrogen and oxygen atoms in total. The van der Waals surface area contributed by atoms with Gasteiger partial charge in [-0.3, -0.25) is 9.59 Å². The molecule has 0 aromatic heterocycles. The van der Waals surface area contributed by atoms with E-state index in [4.69, 9.17) is 28.4 Å². The summed E-state index contributed by atoms with van der Waals surface area (Å²) in [5.41, 5.74) is 5.65. The maximum atomic E-state index is 14.8. The number of hydrogen-bond donors (Lipinski definition) is 4. The van der Waals surface area contributed by atoms with Gasteiger partial charge in [-0.05, 0) is 71.9 Å². The summed E-state index contributed by atoms with van der Waals surface area (Å²) in [5.74, 6) is -0.437. The molecule has 6 aromatic carbocycles. The summed E-state index contributed by atoms with van der Waals surface area (Å²) in [5, 5.41) is 12.6. The summed E-state index contributed by atoms with van der Waals surface area (Å²) in [7, 11) is 0. The summed E-state index contributed by atoms with van der Waals surface area (Å²) in [6.45, 7) is 6.46. The Bertz CT molecular complexity index is 2710. The maximum Gasteiger partial charge on any atom is 0.315 e. The Hall–Kier alpha value is -7.44. The molecule has 0 unspecified atom stereocenters. The molecular weight excluding hydrogens is 1060 g/mol. The number of hydrogen-bond acceptors (Lipinski definition) is 10. The van der Waals surface area contributed by atoms with Crippen LogP contribution in [0.1, 0.15) is 85.8 Å². The number of nitrogens with zero attached hydrogens (tertiary/aromatic N) is 2. The number of benzene rings is 6. The Kier molecular flexibility index (Phi) is 23.3. The van der Waals surface area contributed by atoms with E-state index in [0.29, 0.717) is 51.6 Å². The van der Waals surface area contributed by atoms with Crippen LogP contribution >= 0.6 is 0 Å². The van der Waals surface area contributed by atoms with E-state index in [1.54, 1.807) is 9.80 Å². The van der Waals surface area contributed by atoms with Gasteiger partial charge in [0.05, 0.1) is 51.7 Å². The normalized spacial score (nSPS) is 23.4. The van der Waals surface area contributed by atoms with E-state index < -0.39 is 48.7 Å². The van der Waals surface area contributed by atoms with E-state index in [2.05, 4.69) is 21.3 Å². The topological polar surface area (TPSA) is 178 Å². The molecule has 2 aliphatic heterocycles. The van der Waals surface area contributed by atoms with Gasteiger partial charge in [-0.2, -0.15) is 0 Å². The zero-order valence-electron chi connectivity index (χ0n) is 48.4. The molecule has 9 rings (SSSR count). The largest absolute Gasteiger partial charge is 0.368 e. The van der Waals surface area contributed by atoms with Crippen molar-refractivity contribution in [1.29, 1.82) is 0 Å². The Morgan fingerprint density at radius 2 is 0.631 bits per heavy atom. The molecule has 2 saturated heterocycles. The predicted octanol–water partition coefficient (Wildman–Crippen LogP) is 9.65. The average molecular weight is 1140 g/mol. The Morgan fingerprint density at radius 3 is 0.893 bits per heavy atom.